The molecule has 0 radical (unpaired) electrons. The molecule has 23 heavy (non-hydrogen) atoms. The van der Waals surface area contributed by atoms with E-state index in [2.05, 4.69) is 15.6 Å². The number of ether oxygens (including phenoxy) is 1. The van der Waals surface area contributed by atoms with Crippen molar-refractivity contribution in [1.29, 1.82) is 0 Å². The Kier molecular flexibility index (Phi) is 5.27. The van der Waals surface area contributed by atoms with Crippen LogP contribution in [0.4, 0.5) is 0 Å². The maximum Gasteiger partial charge on any atom is 0.220 e. The highest BCUT2D eigenvalue weighted by Gasteiger charge is 2.31. The summed E-state index contributed by atoms with van der Waals surface area (Å²) in [5.74, 6) is 0.627. The van der Waals surface area contributed by atoms with Crippen molar-refractivity contribution in [2.75, 3.05) is 6.61 Å². The number of nitrogens with zero attached hydrogens (tertiary/aromatic N) is 3. The first-order valence-electron chi connectivity index (χ1n) is 8.65. The molecule has 1 aromatic rings. The summed E-state index contributed by atoms with van der Waals surface area (Å²) in [5, 5.41) is 20.8. The predicted molar refractivity (Wildman–Crippen MR) is 83.8 cm³/mol. The third-order valence-electron chi connectivity index (χ3n) is 4.70. The number of carbonyl (C=O) groups is 1. The summed E-state index contributed by atoms with van der Waals surface area (Å²) in [6.07, 6.45) is 7.29. The normalized spacial score (nSPS) is 27.8. The molecule has 0 unspecified atom stereocenters. The number of rotatable bonds is 7. The van der Waals surface area contributed by atoms with Crippen molar-refractivity contribution in [1.82, 2.24) is 20.3 Å². The van der Waals surface area contributed by atoms with Gasteiger partial charge in [-0.25, -0.2) is 0 Å². The van der Waals surface area contributed by atoms with Gasteiger partial charge < -0.3 is 15.2 Å². The lowest BCUT2D eigenvalue weighted by Crippen LogP contribution is -2.50. The summed E-state index contributed by atoms with van der Waals surface area (Å²) in [6.45, 7) is 2.53. The highest BCUT2D eigenvalue weighted by atomic mass is 16.5. The molecule has 1 aliphatic heterocycles. The van der Waals surface area contributed by atoms with E-state index in [4.69, 9.17) is 4.74 Å². The van der Waals surface area contributed by atoms with Crippen molar-refractivity contribution in [2.45, 2.75) is 76.2 Å². The molecule has 1 aliphatic carbocycles. The maximum absolute atomic E-state index is 11.5. The van der Waals surface area contributed by atoms with E-state index in [1.807, 2.05) is 17.8 Å². The van der Waals surface area contributed by atoms with E-state index in [1.54, 1.807) is 0 Å². The summed E-state index contributed by atoms with van der Waals surface area (Å²) in [4.78, 5) is 11.5. The van der Waals surface area contributed by atoms with E-state index in [1.165, 1.54) is 12.8 Å². The largest absolute Gasteiger partial charge is 0.394 e. The van der Waals surface area contributed by atoms with Gasteiger partial charge in [-0.1, -0.05) is 12.1 Å². The first-order chi connectivity index (χ1) is 11.2. The average Bonchev–Trinajstić information content (AvgIpc) is 3.32. The molecule has 2 N–H and O–H groups in total. The van der Waals surface area contributed by atoms with Gasteiger partial charge in [0.25, 0.3) is 0 Å². The zero-order valence-electron chi connectivity index (χ0n) is 13.6. The van der Waals surface area contributed by atoms with Gasteiger partial charge in [-0.05, 0) is 32.1 Å². The van der Waals surface area contributed by atoms with Crippen LogP contribution in [-0.4, -0.2) is 50.9 Å². The van der Waals surface area contributed by atoms with E-state index >= 15 is 0 Å². The molecule has 2 aliphatic rings. The molecule has 0 bridgehead atoms. The number of aliphatic hydroxyl groups excluding tert-OH is 1. The van der Waals surface area contributed by atoms with Crippen molar-refractivity contribution in [3.63, 3.8) is 0 Å². The molecule has 1 aromatic heterocycles. The molecule has 1 amide bonds. The number of hydrogen-bond donors (Lipinski definition) is 2. The number of nitrogens with one attached hydrogen (secondary N) is 1. The zero-order chi connectivity index (χ0) is 16.2. The molecule has 1 saturated heterocycles. The molecule has 128 valence electrons. The second kappa shape index (κ2) is 7.40. The first-order valence-corrected chi connectivity index (χ1v) is 8.65. The van der Waals surface area contributed by atoms with Crippen LogP contribution >= 0.6 is 0 Å². The molecule has 3 atom stereocenters. The Morgan fingerprint density at radius 2 is 2.26 bits per heavy atom. The highest BCUT2D eigenvalue weighted by Crippen LogP contribution is 2.38. The Labute approximate surface area is 136 Å². The molecule has 0 spiro atoms. The lowest BCUT2D eigenvalue weighted by molar-refractivity contribution is -0.128. The number of amides is 1. The van der Waals surface area contributed by atoms with Crippen LogP contribution in [0.25, 0.3) is 0 Å². The third-order valence-corrected chi connectivity index (χ3v) is 4.70. The Morgan fingerprint density at radius 1 is 1.43 bits per heavy atom. The van der Waals surface area contributed by atoms with Crippen molar-refractivity contribution in [3.05, 3.63) is 11.9 Å². The van der Waals surface area contributed by atoms with Crippen LogP contribution in [0, 0.1) is 0 Å². The topological polar surface area (TPSA) is 89.3 Å². The SMILES string of the molecule is CCC(=O)N[C@@H]1CC[C@H](CCn2cc(C3CC3)nn2)O[C@H]1CO. The van der Waals surface area contributed by atoms with E-state index in [9.17, 15) is 9.90 Å². The van der Waals surface area contributed by atoms with Crippen molar-refractivity contribution in [3.8, 4) is 0 Å². The predicted octanol–water partition coefficient (Wildman–Crippen LogP) is 0.980. The fourth-order valence-corrected chi connectivity index (χ4v) is 3.08. The second-order valence-corrected chi connectivity index (χ2v) is 6.55. The average molecular weight is 322 g/mol. The number of hydrogen-bond acceptors (Lipinski definition) is 5. The quantitative estimate of drug-likeness (QED) is 0.781. The highest BCUT2D eigenvalue weighted by molar-refractivity contribution is 5.75. The molecule has 3 rings (SSSR count). The Hall–Kier alpha value is -1.47. The van der Waals surface area contributed by atoms with Crippen molar-refractivity contribution in [2.24, 2.45) is 0 Å². The molecule has 7 heteroatoms. The van der Waals surface area contributed by atoms with Crippen LogP contribution in [0.3, 0.4) is 0 Å². The van der Waals surface area contributed by atoms with Gasteiger partial charge in [0.1, 0.15) is 6.10 Å². The fraction of sp³-hybridized carbons (Fsp3) is 0.812. The monoisotopic (exact) mass is 322 g/mol. The van der Waals surface area contributed by atoms with Gasteiger partial charge >= 0.3 is 0 Å². The van der Waals surface area contributed by atoms with E-state index in [0.29, 0.717) is 12.3 Å². The molecular formula is C16H26N4O3. The minimum atomic E-state index is -0.318. The molecule has 0 aromatic carbocycles. The number of aliphatic hydroxyl groups is 1. The second-order valence-electron chi connectivity index (χ2n) is 6.55. The van der Waals surface area contributed by atoms with Crippen molar-refractivity contribution >= 4 is 5.91 Å². The standard InChI is InChI=1S/C16H26N4O3/c1-2-16(22)17-13-6-5-12(23-15(13)10-21)7-8-20-9-14(18-19-20)11-3-4-11/h9,11-13,15,21H,2-8,10H2,1H3,(H,17,22)/t12-,13-,15+/m1/s1. The summed E-state index contributed by atoms with van der Waals surface area (Å²) in [5.41, 5.74) is 1.10. The summed E-state index contributed by atoms with van der Waals surface area (Å²) in [7, 11) is 0. The van der Waals surface area contributed by atoms with Gasteiger partial charge in [0.2, 0.25) is 5.91 Å². The summed E-state index contributed by atoms with van der Waals surface area (Å²) in [6, 6.07) is -0.0865. The summed E-state index contributed by atoms with van der Waals surface area (Å²) < 4.78 is 7.84. The third kappa shape index (κ3) is 4.29. The smallest absolute Gasteiger partial charge is 0.220 e. The Morgan fingerprint density at radius 3 is 2.96 bits per heavy atom. The van der Waals surface area contributed by atoms with Crippen LogP contribution in [-0.2, 0) is 16.1 Å². The fourth-order valence-electron chi connectivity index (χ4n) is 3.08. The number of carbonyl (C=O) groups excluding carboxylic acids is 1. The Balaban J connectivity index is 1.46. The lowest BCUT2D eigenvalue weighted by atomic mass is 9.97. The zero-order valence-corrected chi connectivity index (χ0v) is 13.6. The van der Waals surface area contributed by atoms with Crippen LogP contribution in [0.5, 0.6) is 0 Å². The lowest BCUT2D eigenvalue weighted by Gasteiger charge is -2.36. The minimum Gasteiger partial charge on any atom is -0.394 e. The van der Waals surface area contributed by atoms with Crippen LogP contribution in [0.2, 0.25) is 0 Å². The van der Waals surface area contributed by atoms with Crippen LogP contribution in [0.15, 0.2) is 6.20 Å². The van der Waals surface area contributed by atoms with Gasteiger partial charge in [0, 0.05) is 25.1 Å². The Bertz CT molecular complexity index is 529. The van der Waals surface area contributed by atoms with Gasteiger partial charge in [-0.15, -0.1) is 5.10 Å². The molecule has 1 saturated carbocycles. The molecule has 2 fully saturated rings. The van der Waals surface area contributed by atoms with E-state index < -0.39 is 0 Å². The minimum absolute atomic E-state index is 0.00530. The first kappa shape index (κ1) is 16.4. The van der Waals surface area contributed by atoms with Gasteiger partial charge in [0.05, 0.1) is 24.4 Å². The van der Waals surface area contributed by atoms with Gasteiger partial charge in [0.15, 0.2) is 0 Å². The number of aryl methyl sites for hydroxylation is 1. The van der Waals surface area contributed by atoms with Crippen LogP contribution in [0.1, 0.15) is 57.1 Å². The van der Waals surface area contributed by atoms with Crippen molar-refractivity contribution < 1.29 is 14.6 Å². The molecule has 7 nitrogen and oxygen atoms in total. The number of aromatic nitrogens is 3. The molecular weight excluding hydrogens is 296 g/mol. The van der Waals surface area contributed by atoms with Gasteiger partial charge in [-0.2, -0.15) is 0 Å². The molecule has 2 heterocycles. The summed E-state index contributed by atoms with van der Waals surface area (Å²) >= 11 is 0. The van der Waals surface area contributed by atoms with Gasteiger partial charge in [-0.3, -0.25) is 9.48 Å². The van der Waals surface area contributed by atoms with E-state index in [-0.39, 0.29) is 30.8 Å². The maximum atomic E-state index is 11.5. The van der Waals surface area contributed by atoms with Crippen LogP contribution < -0.4 is 5.32 Å². The van der Waals surface area contributed by atoms with E-state index in [0.717, 1.165) is 31.5 Å².